The van der Waals surface area contributed by atoms with Crippen molar-refractivity contribution in [2.24, 2.45) is 0 Å². The fraction of sp³-hybridized carbons (Fsp3) is 0.950. The molecular formula is C20H38O7. The molecule has 7 heteroatoms. The Labute approximate surface area is 162 Å². The molecule has 5 atom stereocenters. The van der Waals surface area contributed by atoms with Gasteiger partial charge >= 0.3 is 5.97 Å². The number of aliphatic hydroxyl groups is 4. The topological polar surface area (TPSA) is 116 Å². The van der Waals surface area contributed by atoms with Crippen molar-refractivity contribution in [2.45, 2.75) is 115 Å². The maximum Gasteiger partial charge on any atom is 0.308 e. The van der Waals surface area contributed by atoms with Gasteiger partial charge in [-0.2, -0.15) is 0 Å². The van der Waals surface area contributed by atoms with Crippen molar-refractivity contribution in [2.75, 3.05) is 6.61 Å². The van der Waals surface area contributed by atoms with Gasteiger partial charge in [0.15, 0.2) is 0 Å². The van der Waals surface area contributed by atoms with Gasteiger partial charge in [0, 0.05) is 12.8 Å². The minimum absolute atomic E-state index is 0.188. The van der Waals surface area contributed by atoms with E-state index in [0.29, 0.717) is 12.8 Å². The van der Waals surface area contributed by atoms with Gasteiger partial charge in [0.25, 0.3) is 0 Å². The number of unbranched alkanes of at least 4 members (excludes halogenated alkanes) is 7. The molecule has 1 aliphatic rings. The minimum atomic E-state index is -1.74. The molecule has 7 nitrogen and oxygen atoms in total. The first-order valence-corrected chi connectivity index (χ1v) is 10.5. The molecule has 0 spiro atoms. The van der Waals surface area contributed by atoms with E-state index in [9.17, 15) is 25.2 Å². The molecule has 0 saturated carbocycles. The predicted octanol–water partition coefficient (Wildman–Crippen LogP) is 2.03. The molecule has 0 aromatic heterocycles. The van der Waals surface area contributed by atoms with Gasteiger partial charge in [-0.3, -0.25) is 4.79 Å². The summed E-state index contributed by atoms with van der Waals surface area (Å²) in [5.74, 6) is -2.24. The van der Waals surface area contributed by atoms with E-state index in [1.54, 1.807) is 0 Å². The molecule has 0 amide bonds. The summed E-state index contributed by atoms with van der Waals surface area (Å²) in [6.07, 6.45) is 3.59. The van der Waals surface area contributed by atoms with Crippen molar-refractivity contribution in [3.63, 3.8) is 0 Å². The van der Waals surface area contributed by atoms with E-state index in [-0.39, 0.29) is 12.8 Å². The Bertz CT molecular complexity index is 415. The number of carbonyl (C=O) groups is 1. The van der Waals surface area contributed by atoms with Gasteiger partial charge in [-0.25, -0.2) is 0 Å². The second-order valence-electron chi connectivity index (χ2n) is 7.53. The fourth-order valence-electron chi connectivity index (χ4n) is 3.44. The summed E-state index contributed by atoms with van der Waals surface area (Å²) in [5.41, 5.74) is 0. The second-order valence-corrected chi connectivity index (χ2v) is 7.53. The molecule has 1 unspecified atom stereocenters. The van der Waals surface area contributed by atoms with Crippen LogP contribution in [0.1, 0.15) is 84.5 Å². The van der Waals surface area contributed by atoms with E-state index in [4.69, 9.17) is 9.47 Å². The molecule has 0 aliphatic carbocycles. The maximum absolute atomic E-state index is 12.3. The van der Waals surface area contributed by atoms with Crippen LogP contribution in [0.2, 0.25) is 0 Å². The van der Waals surface area contributed by atoms with Gasteiger partial charge in [0.2, 0.25) is 5.79 Å². The summed E-state index contributed by atoms with van der Waals surface area (Å²) in [6, 6.07) is 0. The minimum Gasteiger partial charge on any atom is -0.430 e. The summed E-state index contributed by atoms with van der Waals surface area (Å²) >= 11 is 0. The van der Waals surface area contributed by atoms with E-state index >= 15 is 0 Å². The first kappa shape index (κ1) is 24.3. The van der Waals surface area contributed by atoms with Crippen LogP contribution in [0.3, 0.4) is 0 Å². The number of aliphatic hydroxyl groups excluding tert-OH is 4. The van der Waals surface area contributed by atoms with Gasteiger partial charge in [0.05, 0.1) is 6.61 Å². The van der Waals surface area contributed by atoms with Crippen LogP contribution in [0, 0.1) is 0 Å². The lowest BCUT2D eigenvalue weighted by molar-refractivity contribution is -0.354. The van der Waals surface area contributed by atoms with Gasteiger partial charge in [-0.15, -0.1) is 0 Å². The van der Waals surface area contributed by atoms with Crippen molar-refractivity contribution in [3.05, 3.63) is 0 Å². The summed E-state index contributed by atoms with van der Waals surface area (Å²) in [5, 5.41) is 39.9. The quantitative estimate of drug-likeness (QED) is 0.281. The number of esters is 1. The van der Waals surface area contributed by atoms with Crippen LogP contribution in [0.5, 0.6) is 0 Å². The molecule has 1 fully saturated rings. The summed E-state index contributed by atoms with van der Waals surface area (Å²) in [7, 11) is 0. The summed E-state index contributed by atoms with van der Waals surface area (Å²) in [4.78, 5) is 12.3. The largest absolute Gasteiger partial charge is 0.430 e. The normalized spacial score (nSPS) is 31.0. The highest BCUT2D eigenvalue weighted by Crippen LogP contribution is 2.35. The predicted molar refractivity (Wildman–Crippen MR) is 101 cm³/mol. The average Bonchev–Trinajstić information content (AvgIpc) is 2.66. The number of hydrogen-bond acceptors (Lipinski definition) is 7. The molecule has 4 N–H and O–H groups in total. The van der Waals surface area contributed by atoms with Gasteiger partial charge in [-0.1, -0.05) is 58.8 Å². The zero-order valence-electron chi connectivity index (χ0n) is 16.8. The standard InChI is InChI=1S/C20H38O7/c1-3-5-7-8-9-10-11-12-16(22)27-20(13-6-4-2)19(25)18(24)17(23)15(14-21)26-20/h15,17-19,21,23-25H,3-14H2,1-2H3/t15-,17-,18+,19-,20?/m1/s1. The highest BCUT2D eigenvalue weighted by Gasteiger charge is 2.55. The molecule has 27 heavy (non-hydrogen) atoms. The molecule has 160 valence electrons. The maximum atomic E-state index is 12.3. The Morgan fingerprint density at radius 3 is 2.11 bits per heavy atom. The molecule has 0 aromatic carbocycles. The van der Waals surface area contributed by atoms with Crippen LogP contribution in [-0.2, 0) is 14.3 Å². The van der Waals surface area contributed by atoms with Crippen LogP contribution >= 0.6 is 0 Å². The number of rotatable bonds is 13. The first-order valence-electron chi connectivity index (χ1n) is 10.5. The summed E-state index contributed by atoms with van der Waals surface area (Å²) in [6.45, 7) is 3.57. The van der Waals surface area contributed by atoms with E-state index < -0.39 is 42.8 Å². The Kier molecular flexibility index (Phi) is 11.4. The lowest BCUT2D eigenvalue weighted by Crippen LogP contribution is -2.66. The number of carbonyl (C=O) groups excluding carboxylic acids is 1. The Balaban J connectivity index is 2.61. The zero-order valence-corrected chi connectivity index (χ0v) is 16.8. The van der Waals surface area contributed by atoms with Crippen molar-refractivity contribution in [1.29, 1.82) is 0 Å². The van der Waals surface area contributed by atoms with E-state index in [2.05, 4.69) is 6.92 Å². The Morgan fingerprint density at radius 1 is 0.926 bits per heavy atom. The van der Waals surface area contributed by atoms with Crippen molar-refractivity contribution >= 4 is 5.97 Å². The number of ether oxygens (including phenoxy) is 2. The van der Waals surface area contributed by atoms with Gasteiger partial charge in [-0.05, 0) is 12.8 Å². The van der Waals surface area contributed by atoms with Crippen molar-refractivity contribution < 1.29 is 34.7 Å². The molecule has 1 saturated heterocycles. The lowest BCUT2D eigenvalue weighted by atomic mass is 9.89. The second kappa shape index (κ2) is 12.7. The molecule has 0 bridgehead atoms. The molecule has 1 rings (SSSR count). The van der Waals surface area contributed by atoms with Crippen LogP contribution in [0.25, 0.3) is 0 Å². The average molecular weight is 391 g/mol. The molecule has 0 radical (unpaired) electrons. The monoisotopic (exact) mass is 390 g/mol. The highest BCUT2D eigenvalue weighted by molar-refractivity contribution is 5.69. The van der Waals surface area contributed by atoms with Crippen LogP contribution in [-0.4, -0.2) is 63.2 Å². The van der Waals surface area contributed by atoms with Crippen molar-refractivity contribution in [3.8, 4) is 0 Å². The Hall–Kier alpha value is -0.730. The summed E-state index contributed by atoms with van der Waals surface area (Å²) < 4.78 is 11.1. The van der Waals surface area contributed by atoms with Crippen LogP contribution in [0.4, 0.5) is 0 Å². The zero-order chi connectivity index (χ0) is 20.3. The van der Waals surface area contributed by atoms with Crippen molar-refractivity contribution in [1.82, 2.24) is 0 Å². The number of hydrogen-bond donors (Lipinski definition) is 4. The van der Waals surface area contributed by atoms with Gasteiger partial charge in [0.1, 0.15) is 24.4 Å². The third kappa shape index (κ3) is 7.31. The third-order valence-electron chi connectivity index (χ3n) is 5.19. The first-order chi connectivity index (χ1) is 12.9. The van der Waals surface area contributed by atoms with E-state index in [1.807, 2.05) is 6.92 Å². The highest BCUT2D eigenvalue weighted by atomic mass is 16.7. The van der Waals surface area contributed by atoms with Crippen LogP contribution in [0.15, 0.2) is 0 Å². The lowest BCUT2D eigenvalue weighted by Gasteiger charge is -2.47. The fourth-order valence-corrected chi connectivity index (χ4v) is 3.44. The van der Waals surface area contributed by atoms with Gasteiger partial charge < -0.3 is 29.9 Å². The smallest absolute Gasteiger partial charge is 0.308 e. The molecule has 1 aliphatic heterocycles. The third-order valence-corrected chi connectivity index (χ3v) is 5.19. The molecular weight excluding hydrogens is 352 g/mol. The SMILES string of the molecule is CCCCCCCCCC(=O)OC1(CCCC)O[C@H](CO)[C@@H](O)[C@H](O)[C@H]1O. The molecule has 0 aromatic rings. The van der Waals surface area contributed by atoms with E-state index in [1.165, 1.54) is 19.3 Å². The molecule has 1 heterocycles. The van der Waals surface area contributed by atoms with Crippen LogP contribution < -0.4 is 0 Å². The van der Waals surface area contributed by atoms with E-state index in [0.717, 1.165) is 25.7 Å². The Morgan fingerprint density at radius 2 is 1.52 bits per heavy atom.